The van der Waals surface area contributed by atoms with E-state index in [0.717, 1.165) is 70.6 Å². The Hall–Kier alpha value is -2.37. The average Bonchev–Trinajstić information content (AvgIpc) is 3.34. The Kier molecular flexibility index (Phi) is 45.2. The SMILES string of the molecule is CCCCCCC/C=C\C/C=C\C/C=C\CCCCCCCCCCCCC(=O)NC(COC1OC(CO)C(O)C(O)C1O)C(O)/C=C/CC/C=C/CC/C=C/CCCCCCCCCCCC. The predicted octanol–water partition coefficient (Wildman–Crippen LogP) is 13.7. The van der Waals surface area contributed by atoms with Crippen molar-refractivity contribution in [1.29, 1.82) is 0 Å². The fourth-order valence-electron chi connectivity index (χ4n) is 8.49. The second-order valence-electron chi connectivity index (χ2n) is 19.4. The van der Waals surface area contributed by atoms with Gasteiger partial charge in [-0.1, -0.05) is 222 Å². The molecule has 1 aliphatic heterocycles. The highest BCUT2D eigenvalue weighted by molar-refractivity contribution is 5.76. The molecule has 7 atom stereocenters. The highest BCUT2D eigenvalue weighted by atomic mass is 16.7. The first-order valence-electron chi connectivity index (χ1n) is 28.2. The minimum atomic E-state index is -1.58. The van der Waals surface area contributed by atoms with E-state index in [1.54, 1.807) is 6.08 Å². The van der Waals surface area contributed by atoms with Gasteiger partial charge in [0.15, 0.2) is 6.29 Å². The highest BCUT2D eigenvalue weighted by Gasteiger charge is 2.44. The third-order valence-electron chi connectivity index (χ3n) is 13.0. The summed E-state index contributed by atoms with van der Waals surface area (Å²) in [7, 11) is 0. The van der Waals surface area contributed by atoms with Crippen LogP contribution >= 0.6 is 0 Å². The zero-order valence-electron chi connectivity index (χ0n) is 43.6. The molecule has 1 heterocycles. The summed E-state index contributed by atoms with van der Waals surface area (Å²) in [5, 5.41) is 54.4. The molecule has 1 saturated heterocycles. The van der Waals surface area contributed by atoms with E-state index in [1.165, 1.54) is 148 Å². The maximum Gasteiger partial charge on any atom is 0.220 e. The van der Waals surface area contributed by atoms with E-state index < -0.39 is 49.5 Å². The van der Waals surface area contributed by atoms with Gasteiger partial charge in [-0.05, 0) is 83.5 Å². The number of hydrogen-bond donors (Lipinski definition) is 6. The van der Waals surface area contributed by atoms with E-state index in [9.17, 15) is 30.3 Å². The van der Waals surface area contributed by atoms with Crippen LogP contribution in [0.2, 0.25) is 0 Å². The number of nitrogens with one attached hydrogen (secondary N) is 1. The number of hydrogen-bond acceptors (Lipinski definition) is 8. The number of aliphatic hydroxyl groups excluding tert-OH is 5. The Morgan fingerprint density at radius 3 is 1.34 bits per heavy atom. The van der Waals surface area contributed by atoms with Crippen molar-refractivity contribution in [3.63, 3.8) is 0 Å². The second kappa shape index (κ2) is 48.3. The van der Waals surface area contributed by atoms with Crippen LogP contribution in [0.4, 0.5) is 0 Å². The van der Waals surface area contributed by atoms with Crippen molar-refractivity contribution in [2.24, 2.45) is 0 Å². The third-order valence-corrected chi connectivity index (χ3v) is 13.0. The van der Waals surface area contributed by atoms with Crippen LogP contribution in [0, 0.1) is 0 Å². The highest BCUT2D eigenvalue weighted by Crippen LogP contribution is 2.23. The molecule has 0 aromatic heterocycles. The number of amides is 1. The smallest absolute Gasteiger partial charge is 0.220 e. The van der Waals surface area contributed by atoms with Crippen LogP contribution in [0.5, 0.6) is 0 Å². The summed E-state index contributed by atoms with van der Waals surface area (Å²) in [5.41, 5.74) is 0. The van der Waals surface area contributed by atoms with E-state index in [1.807, 2.05) is 6.08 Å². The number of allylic oxidation sites excluding steroid dienone is 11. The molecule has 1 rings (SSSR count). The van der Waals surface area contributed by atoms with Gasteiger partial charge in [0, 0.05) is 6.42 Å². The van der Waals surface area contributed by atoms with Crippen LogP contribution < -0.4 is 5.32 Å². The lowest BCUT2D eigenvalue weighted by atomic mass is 9.99. The second-order valence-corrected chi connectivity index (χ2v) is 19.4. The number of unbranched alkanes of at least 4 members (excludes halogenated alkanes) is 27. The van der Waals surface area contributed by atoms with Gasteiger partial charge < -0.3 is 40.3 Å². The first-order valence-corrected chi connectivity index (χ1v) is 28.2. The molecule has 68 heavy (non-hydrogen) atoms. The minimum absolute atomic E-state index is 0.196. The van der Waals surface area contributed by atoms with Gasteiger partial charge in [-0.15, -0.1) is 0 Å². The van der Waals surface area contributed by atoms with Crippen LogP contribution in [0.15, 0.2) is 72.9 Å². The Morgan fingerprint density at radius 2 is 0.882 bits per heavy atom. The number of rotatable bonds is 47. The summed E-state index contributed by atoms with van der Waals surface area (Å²) in [4.78, 5) is 13.0. The van der Waals surface area contributed by atoms with E-state index in [4.69, 9.17) is 9.47 Å². The molecule has 1 fully saturated rings. The number of ether oxygens (including phenoxy) is 2. The number of carbonyl (C=O) groups is 1. The molecule has 0 spiro atoms. The molecule has 1 amide bonds. The van der Waals surface area contributed by atoms with Gasteiger partial charge in [0.2, 0.25) is 5.91 Å². The summed E-state index contributed by atoms with van der Waals surface area (Å²) >= 11 is 0. The summed E-state index contributed by atoms with van der Waals surface area (Å²) in [6.07, 6.45) is 59.6. The molecule has 1 aliphatic rings. The van der Waals surface area contributed by atoms with Gasteiger partial charge in [0.1, 0.15) is 24.4 Å². The summed E-state index contributed by atoms with van der Waals surface area (Å²) in [6, 6.07) is -0.834. The van der Waals surface area contributed by atoms with Crippen molar-refractivity contribution in [1.82, 2.24) is 5.32 Å². The zero-order chi connectivity index (χ0) is 49.4. The fourth-order valence-corrected chi connectivity index (χ4v) is 8.49. The first-order chi connectivity index (χ1) is 33.3. The van der Waals surface area contributed by atoms with Crippen LogP contribution in [-0.2, 0) is 14.3 Å². The van der Waals surface area contributed by atoms with Crippen molar-refractivity contribution in [2.75, 3.05) is 13.2 Å². The molecular formula is C59H105NO8. The fraction of sp³-hybridized carbons (Fsp3) is 0.780. The lowest BCUT2D eigenvalue weighted by Gasteiger charge is -2.40. The average molecular weight is 956 g/mol. The largest absolute Gasteiger partial charge is 0.394 e. The molecule has 0 aromatic rings. The quantitative estimate of drug-likeness (QED) is 0.0261. The predicted molar refractivity (Wildman–Crippen MR) is 285 cm³/mol. The summed E-state index contributed by atoms with van der Waals surface area (Å²) < 4.78 is 11.2. The van der Waals surface area contributed by atoms with Crippen molar-refractivity contribution in [3.8, 4) is 0 Å². The first kappa shape index (κ1) is 63.6. The molecule has 0 aliphatic carbocycles. The van der Waals surface area contributed by atoms with Crippen LogP contribution in [0.25, 0.3) is 0 Å². The number of carbonyl (C=O) groups excluding carboxylic acids is 1. The lowest BCUT2D eigenvalue weighted by molar-refractivity contribution is -0.302. The van der Waals surface area contributed by atoms with Gasteiger partial charge in [-0.3, -0.25) is 4.79 Å². The molecule has 7 unspecified atom stereocenters. The summed E-state index contributed by atoms with van der Waals surface area (Å²) in [6.45, 7) is 3.75. The van der Waals surface area contributed by atoms with Gasteiger partial charge in [-0.25, -0.2) is 0 Å². The van der Waals surface area contributed by atoms with Crippen LogP contribution in [0.3, 0.4) is 0 Å². The number of aliphatic hydroxyl groups is 5. The van der Waals surface area contributed by atoms with Crippen molar-refractivity contribution in [2.45, 2.75) is 281 Å². The van der Waals surface area contributed by atoms with E-state index in [-0.39, 0.29) is 12.5 Å². The van der Waals surface area contributed by atoms with Crippen molar-refractivity contribution in [3.05, 3.63) is 72.9 Å². The molecule has 0 bridgehead atoms. The standard InChI is InChI=1S/C59H105NO8/c1-3-5-7-9-11-13-15-17-19-21-23-25-26-27-28-29-31-33-35-37-39-41-43-45-47-49-55(63)60-52(51-67-59-58(66)57(65)56(64)54(50-61)68-59)53(62)48-46-44-42-40-38-36-34-32-30-24-22-20-18-16-14-12-10-8-6-4-2/h15,17,21,23,26-27,30,32,38,40,46,48,52-54,56-59,61-62,64-66H,3-14,16,18-20,22,24-25,28-29,31,33-37,39,41-45,47,49-51H2,1-2H3,(H,60,63)/b17-15-,23-21-,27-26-,32-30+,40-38+,48-46+. The monoisotopic (exact) mass is 956 g/mol. The molecule has 6 N–H and O–H groups in total. The summed E-state index contributed by atoms with van der Waals surface area (Å²) in [5.74, 6) is -0.196. The molecule has 0 aromatic carbocycles. The third kappa shape index (κ3) is 37.5. The molecule has 0 saturated carbocycles. The van der Waals surface area contributed by atoms with E-state index in [2.05, 4.69) is 79.9 Å². The van der Waals surface area contributed by atoms with E-state index in [0.29, 0.717) is 6.42 Å². The molecule has 0 radical (unpaired) electrons. The van der Waals surface area contributed by atoms with Crippen LogP contribution in [0.1, 0.15) is 239 Å². The Bertz CT molecular complexity index is 1290. The molecule has 9 nitrogen and oxygen atoms in total. The molecule has 394 valence electrons. The normalized spacial score (nSPS) is 20.1. The molecule has 9 heteroatoms. The maximum atomic E-state index is 13.0. The van der Waals surface area contributed by atoms with E-state index >= 15 is 0 Å². The van der Waals surface area contributed by atoms with Crippen LogP contribution in [-0.4, -0.2) is 87.5 Å². The Balaban J connectivity index is 2.29. The van der Waals surface area contributed by atoms with Gasteiger partial charge in [0.25, 0.3) is 0 Å². The van der Waals surface area contributed by atoms with Gasteiger partial charge in [-0.2, -0.15) is 0 Å². The lowest BCUT2D eigenvalue weighted by Crippen LogP contribution is -2.60. The zero-order valence-corrected chi connectivity index (χ0v) is 43.6. The minimum Gasteiger partial charge on any atom is -0.394 e. The topological polar surface area (TPSA) is 149 Å². The molecular weight excluding hydrogens is 851 g/mol. The Labute approximate surface area is 417 Å². The Morgan fingerprint density at radius 1 is 0.500 bits per heavy atom. The van der Waals surface area contributed by atoms with Gasteiger partial charge >= 0.3 is 0 Å². The maximum absolute atomic E-state index is 13.0. The van der Waals surface area contributed by atoms with Gasteiger partial charge in [0.05, 0.1) is 25.4 Å². The van der Waals surface area contributed by atoms with Crippen molar-refractivity contribution < 1.29 is 39.8 Å². The van der Waals surface area contributed by atoms with Crippen molar-refractivity contribution >= 4 is 5.91 Å².